The molecule has 0 atom stereocenters. The molecular weight excluding hydrogens is 264 g/mol. The molecular formula is C12H16N4O2S. The second kappa shape index (κ2) is 5.83. The van der Waals surface area contributed by atoms with Gasteiger partial charge in [-0.1, -0.05) is 11.8 Å². The summed E-state index contributed by atoms with van der Waals surface area (Å²) >= 11 is 1.45. The highest BCUT2D eigenvalue weighted by atomic mass is 32.2. The van der Waals surface area contributed by atoms with Crippen molar-refractivity contribution in [1.82, 2.24) is 14.8 Å². The summed E-state index contributed by atoms with van der Waals surface area (Å²) in [6, 6.07) is 5.55. The number of nitrogens with two attached hydrogens (primary N) is 1. The summed E-state index contributed by atoms with van der Waals surface area (Å²) in [7, 11) is 1.68. The van der Waals surface area contributed by atoms with Gasteiger partial charge in [-0.05, 0) is 25.1 Å². The molecule has 0 saturated heterocycles. The molecule has 102 valence electrons. The number of aromatic nitrogens is 3. The van der Waals surface area contributed by atoms with E-state index in [0.29, 0.717) is 23.2 Å². The lowest BCUT2D eigenvalue weighted by Gasteiger charge is -2.10. The summed E-state index contributed by atoms with van der Waals surface area (Å²) in [5, 5.41) is 6.98. The molecule has 3 N–H and O–H groups in total. The van der Waals surface area contributed by atoms with Crippen molar-refractivity contribution >= 4 is 17.4 Å². The van der Waals surface area contributed by atoms with Crippen molar-refractivity contribution < 1.29 is 4.74 Å². The lowest BCUT2D eigenvalue weighted by molar-refractivity contribution is 0.337. The van der Waals surface area contributed by atoms with E-state index in [0.717, 1.165) is 11.3 Å². The van der Waals surface area contributed by atoms with E-state index in [1.54, 1.807) is 7.05 Å². The fraction of sp³-hybridized carbons (Fsp3) is 0.333. The van der Waals surface area contributed by atoms with E-state index in [1.807, 2.05) is 25.1 Å². The Morgan fingerprint density at radius 3 is 2.95 bits per heavy atom. The molecule has 2 aromatic rings. The maximum absolute atomic E-state index is 11.3. The Morgan fingerprint density at radius 1 is 1.53 bits per heavy atom. The quantitative estimate of drug-likeness (QED) is 0.638. The normalized spacial score (nSPS) is 10.6. The maximum atomic E-state index is 11.3. The number of nitrogen functional groups attached to an aromatic ring is 1. The third kappa shape index (κ3) is 3.11. The van der Waals surface area contributed by atoms with E-state index in [4.69, 9.17) is 10.5 Å². The fourth-order valence-corrected chi connectivity index (χ4v) is 2.51. The van der Waals surface area contributed by atoms with Gasteiger partial charge < -0.3 is 10.5 Å². The van der Waals surface area contributed by atoms with Gasteiger partial charge in [-0.15, -0.1) is 5.10 Å². The molecule has 1 aromatic heterocycles. The van der Waals surface area contributed by atoms with Crippen LogP contribution in [0.2, 0.25) is 0 Å². The lowest BCUT2D eigenvalue weighted by atomic mass is 10.2. The average Bonchev–Trinajstić information content (AvgIpc) is 2.71. The summed E-state index contributed by atoms with van der Waals surface area (Å²) < 4.78 is 7.02. The van der Waals surface area contributed by atoms with Crippen LogP contribution in [0.5, 0.6) is 5.75 Å². The zero-order valence-electron chi connectivity index (χ0n) is 10.8. The molecule has 6 nitrogen and oxygen atoms in total. The second-order valence-electron chi connectivity index (χ2n) is 3.96. The fourth-order valence-electron chi connectivity index (χ4n) is 1.61. The van der Waals surface area contributed by atoms with Crippen LogP contribution in [0.15, 0.2) is 28.2 Å². The molecule has 2 rings (SSSR count). The highest BCUT2D eigenvalue weighted by Crippen LogP contribution is 2.28. The minimum Gasteiger partial charge on any atom is -0.494 e. The van der Waals surface area contributed by atoms with Crippen LogP contribution in [0.1, 0.15) is 12.5 Å². The van der Waals surface area contributed by atoms with Crippen LogP contribution in [0.3, 0.4) is 0 Å². The van der Waals surface area contributed by atoms with E-state index in [9.17, 15) is 4.79 Å². The standard InChI is InChI=1S/C12H16N4O2S/c1-3-18-10-5-4-9(13)6-8(10)7-19-12-15-14-11(17)16(12)2/h4-6H,3,7,13H2,1-2H3,(H,14,17). The molecule has 0 aliphatic carbocycles. The minimum absolute atomic E-state index is 0.222. The molecule has 1 heterocycles. The van der Waals surface area contributed by atoms with E-state index in [2.05, 4.69) is 10.2 Å². The van der Waals surface area contributed by atoms with Gasteiger partial charge in [0.2, 0.25) is 0 Å². The summed E-state index contributed by atoms with van der Waals surface area (Å²) in [6.45, 7) is 2.53. The maximum Gasteiger partial charge on any atom is 0.343 e. The van der Waals surface area contributed by atoms with Gasteiger partial charge in [0, 0.05) is 24.1 Å². The molecule has 0 spiro atoms. The smallest absolute Gasteiger partial charge is 0.343 e. The Morgan fingerprint density at radius 2 is 2.32 bits per heavy atom. The number of benzene rings is 1. The number of ether oxygens (including phenoxy) is 1. The van der Waals surface area contributed by atoms with Crippen LogP contribution in [0, 0.1) is 0 Å². The van der Waals surface area contributed by atoms with Crippen LogP contribution < -0.4 is 16.2 Å². The number of anilines is 1. The van der Waals surface area contributed by atoms with Crippen molar-refractivity contribution in [1.29, 1.82) is 0 Å². The van der Waals surface area contributed by atoms with Crippen LogP contribution in [0.4, 0.5) is 5.69 Å². The number of hydrogen-bond acceptors (Lipinski definition) is 5. The summed E-state index contributed by atoms with van der Waals surface area (Å²) in [5.74, 6) is 1.45. The topological polar surface area (TPSA) is 85.9 Å². The van der Waals surface area contributed by atoms with Gasteiger partial charge >= 0.3 is 5.69 Å². The van der Waals surface area contributed by atoms with Gasteiger partial charge in [-0.2, -0.15) is 0 Å². The van der Waals surface area contributed by atoms with Crippen molar-refractivity contribution in [3.05, 3.63) is 34.2 Å². The van der Waals surface area contributed by atoms with Crippen LogP contribution >= 0.6 is 11.8 Å². The van der Waals surface area contributed by atoms with Gasteiger partial charge in [0.15, 0.2) is 5.16 Å². The number of nitrogens with one attached hydrogen (secondary N) is 1. The highest BCUT2D eigenvalue weighted by molar-refractivity contribution is 7.98. The van der Waals surface area contributed by atoms with Crippen molar-refractivity contribution in [3.63, 3.8) is 0 Å². The van der Waals surface area contributed by atoms with Crippen molar-refractivity contribution in [2.24, 2.45) is 7.05 Å². The molecule has 0 fully saturated rings. The van der Waals surface area contributed by atoms with E-state index >= 15 is 0 Å². The number of H-pyrrole nitrogens is 1. The molecule has 0 unspecified atom stereocenters. The summed E-state index contributed by atoms with van der Waals surface area (Å²) in [6.07, 6.45) is 0. The zero-order valence-corrected chi connectivity index (χ0v) is 11.7. The minimum atomic E-state index is -0.222. The Hall–Kier alpha value is -1.89. The molecule has 19 heavy (non-hydrogen) atoms. The van der Waals surface area contributed by atoms with Crippen LogP contribution in [-0.4, -0.2) is 21.4 Å². The molecule has 0 aliphatic rings. The second-order valence-corrected chi connectivity index (χ2v) is 4.90. The molecule has 0 amide bonds. The predicted octanol–water partition coefficient (Wildman–Crippen LogP) is 1.38. The first-order chi connectivity index (χ1) is 9.11. The molecule has 1 aromatic carbocycles. The Balaban J connectivity index is 2.16. The third-order valence-electron chi connectivity index (χ3n) is 2.58. The van der Waals surface area contributed by atoms with Gasteiger partial charge in [0.1, 0.15) is 5.75 Å². The number of thioether (sulfide) groups is 1. The Labute approximate surface area is 115 Å². The van der Waals surface area contributed by atoms with E-state index in [-0.39, 0.29) is 5.69 Å². The van der Waals surface area contributed by atoms with Crippen molar-refractivity contribution in [2.75, 3.05) is 12.3 Å². The Kier molecular flexibility index (Phi) is 4.16. The predicted molar refractivity (Wildman–Crippen MR) is 75.4 cm³/mol. The number of hydrogen-bond donors (Lipinski definition) is 2. The van der Waals surface area contributed by atoms with Gasteiger partial charge in [-0.3, -0.25) is 4.57 Å². The van der Waals surface area contributed by atoms with Gasteiger partial charge in [0.25, 0.3) is 0 Å². The van der Waals surface area contributed by atoms with Gasteiger partial charge in [0.05, 0.1) is 6.61 Å². The average molecular weight is 280 g/mol. The zero-order chi connectivity index (χ0) is 13.8. The van der Waals surface area contributed by atoms with Crippen LogP contribution in [0.25, 0.3) is 0 Å². The molecule has 0 bridgehead atoms. The number of rotatable bonds is 5. The summed E-state index contributed by atoms with van der Waals surface area (Å²) in [4.78, 5) is 11.3. The molecule has 7 heteroatoms. The van der Waals surface area contributed by atoms with Crippen molar-refractivity contribution in [2.45, 2.75) is 17.8 Å². The molecule has 0 radical (unpaired) electrons. The first-order valence-corrected chi connectivity index (χ1v) is 6.85. The van der Waals surface area contributed by atoms with Gasteiger partial charge in [-0.25, -0.2) is 9.89 Å². The largest absolute Gasteiger partial charge is 0.494 e. The Bertz CT molecular complexity index is 620. The lowest BCUT2D eigenvalue weighted by Crippen LogP contribution is -2.12. The summed E-state index contributed by atoms with van der Waals surface area (Å²) in [5.41, 5.74) is 7.24. The first kappa shape index (κ1) is 13.5. The van der Waals surface area contributed by atoms with Crippen LogP contribution in [-0.2, 0) is 12.8 Å². The molecule has 0 aliphatic heterocycles. The number of nitrogens with zero attached hydrogens (tertiary/aromatic N) is 2. The highest BCUT2D eigenvalue weighted by Gasteiger charge is 2.09. The number of aromatic amines is 1. The monoisotopic (exact) mass is 280 g/mol. The molecule has 0 saturated carbocycles. The van der Waals surface area contributed by atoms with E-state index < -0.39 is 0 Å². The van der Waals surface area contributed by atoms with E-state index in [1.165, 1.54) is 16.3 Å². The first-order valence-electron chi connectivity index (χ1n) is 5.87. The van der Waals surface area contributed by atoms with Crippen molar-refractivity contribution in [3.8, 4) is 5.75 Å². The third-order valence-corrected chi connectivity index (χ3v) is 3.66. The SMILES string of the molecule is CCOc1ccc(N)cc1CSc1n[nH]c(=O)n1C.